The fourth-order valence-corrected chi connectivity index (χ4v) is 2.97. The van der Waals surface area contributed by atoms with E-state index >= 15 is 0 Å². The molecule has 4 heteroatoms. The van der Waals surface area contributed by atoms with Crippen LogP contribution < -0.4 is 0 Å². The molecule has 0 aromatic carbocycles. The first-order valence-electron chi connectivity index (χ1n) is 1.98. The second kappa shape index (κ2) is 2.62. The van der Waals surface area contributed by atoms with E-state index in [2.05, 4.69) is 43.5 Å². The highest BCUT2D eigenvalue weighted by Gasteiger charge is 1.98. The Labute approximate surface area is 73.8 Å². The minimum Gasteiger partial charge on any atom is -0.223 e. The lowest BCUT2D eigenvalue weighted by atomic mass is 10.7. The van der Waals surface area contributed by atoms with E-state index in [9.17, 15) is 0 Å². The molecule has 0 aliphatic rings. The SMILES string of the molecule is Cc1sc(I)nc1Br. The first-order valence-corrected chi connectivity index (χ1v) is 4.67. The van der Waals surface area contributed by atoms with Crippen LogP contribution in [0.15, 0.2) is 4.60 Å². The van der Waals surface area contributed by atoms with Gasteiger partial charge in [-0.05, 0) is 45.4 Å². The maximum atomic E-state index is 4.13. The van der Waals surface area contributed by atoms with Crippen molar-refractivity contribution in [1.29, 1.82) is 0 Å². The van der Waals surface area contributed by atoms with Crippen molar-refractivity contribution in [1.82, 2.24) is 4.98 Å². The summed E-state index contributed by atoms with van der Waals surface area (Å²) in [6.45, 7) is 2.05. The maximum Gasteiger partial charge on any atom is 0.155 e. The smallest absolute Gasteiger partial charge is 0.155 e. The van der Waals surface area contributed by atoms with E-state index in [1.165, 1.54) is 4.88 Å². The number of aromatic nitrogens is 1. The Morgan fingerprint density at radius 2 is 2.38 bits per heavy atom. The van der Waals surface area contributed by atoms with Crippen LogP contribution >= 0.6 is 49.9 Å². The van der Waals surface area contributed by atoms with Crippen molar-refractivity contribution < 1.29 is 0 Å². The van der Waals surface area contributed by atoms with Gasteiger partial charge in [-0.25, -0.2) is 4.98 Å². The molecular weight excluding hydrogens is 301 g/mol. The van der Waals surface area contributed by atoms with Gasteiger partial charge in [-0.1, -0.05) is 0 Å². The van der Waals surface area contributed by atoms with Crippen LogP contribution in [0, 0.1) is 9.94 Å². The average molecular weight is 304 g/mol. The lowest BCUT2D eigenvalue weighted by Gasteiger charge is -1.74. The van der Waals surface area contributed by atoms with E-state index in [0.29, 0.717) is 0 Å². The normalized spacial score (nSPS) is 9.88. The summed E-state index contributed by atoms with van der Waals surface area (Å²) in [7, 11) is 0. The van der Waals surface area contributed by atoms with Gasteiger partial charge in [0.15, 0.2) is 3.01 Å². The minimum atomic E-state index is 0.979. The Morgan fingerprint density at radius 1 is 1.75 bits per heavy atom. The molecule has 0 bridgehead atoms. The molecule has 1 aromatic heterocycles. The van der Waals surface area contributed by atoms with Gasteiger partial charge in [0.25, 0.3) is 0 Å². The molecule has 1 heterocycles. The van der Waals surface area contributed by atoms with Crippen molar-refractivity contribution in [2.45, 2.75) is 6.92 Å². The Hall–Kier alpha value is 0.840. The number of rotatable bonds is 0. The van der Waals surface area contributed by atoms with Gasteiger partial charge in [0.2, 0.25) is 0 Å². The summed E-state index contributed by atoms with van der Waals surface area (Å²) in [5, 5.41) is 0. The number of hydrogen-bond acceptors (Lipinski definition) is 2. The van der Waals surface area contributed by atoms with Crippen LogP contribution in [-0.2, 0) is 0 Å². The predicted octanol–water partition coefficient (Wildman–Crippen LogP) is 2.82. The highest BCUT2D eigenvalue weighted by molar-refractivity contribution is 14.1. The van der Waals surface area contributed by atoms with Gasteiger partial charge in [-0.2, -0.15) is 0 Å². The molecule has 0 spiro atoms. The molecule has 0 saturated carbocycles. The fourth-order valence-electron chi connectivity index (χ4n) is 0.347. The van der Waals surface area contributed by atoms with Crippen LogP contribution in [0.5, 0.6) is 0 Å². The van der Waals surface area contributed by atoms with Crippen molar-refractivity contribution in [3.8, 4) is 0 Å². The Kier molecular flexibility index (Phi) is 2.27. The Balaban J connectivity index is 3.14. The molecule has 44 valence electrons. The molecule has 0 saturated heterocycles. The summed E-state index contributed by atoms with van der Waals surface area (Å²) in [6, 6.07) is 0. The number of aryl methyl sites for hydroxylation is 1. The number of halogens is 2. The number of hydrogen-bond donors (Lipinski definition) is 0. The predicted molar refractivity (Wildman–Crippen MR) is 47.3 cm³/mol. The van der Waals surface area contributed by atoms with Gasteiger partial charge >= 0.3 is 0 Å². The second-order valence-corrected chi connectivity index (χ2v) is 5.02. The summed E-state index contributed by atoms with van der Waals surface area (Å²) in [4.78, 5) is 5.38. The molecule has 1 aromatic rings. The zero-order chi connectivity index (χ0) is 6.15. The lowest BCUT2D eigenvalue weighted by molar-refractivity contribution is 1.29. The highest BCUT2D eigenvalue weighted by atomic mass is 127. The zero-order valence-electron chi connectivity index (χ0n) is 4.11. The third-order valence-electron chi connectivity index (χ3n) is 0.714. The van der Waals surface area contributed by atoms with Crippen molar-refractivity contribution >= 4 is 49.9 Å². The first kappa shape index (κ1) is 6.95. The molecular formula is C4H3BrINS. The van der Waals surface area contributed by atoms with Crippen molar-refractivity contribution in [2.24, 2.45) is 0 Å². The third kappa shape index (κ3) is 1.41. The highest BCUT2D eigenvalue weighted by Crippen LogP contribution is 2.22. The standard InChI is InChI=1S/C4H3BrINS/c1-2-3(5)7-4(6)8-2/h1H3. The van der Waals surface area contributed by atoms with E-state index in [1.807, 2.05) is 6.92 Å². The molecule has 0 aliphatic carbocycles. The molecule has 0 fully saturated rings. The van der Waals surface area contributed by atoms with Gasteiger partial charge < -0.3 is 0 Å². The molecule has 0 atom stereocenters. The van der Waals surface area contributed by atoms with Crippen molar-refractivity contribution in [3.63, 3.8) is 0 Å². The molecule has 0 amide bonds. The summed E-state index contributed by atoms with van der Waals surface area (Å²) in [5.74, 6) is 0. The van der Waals surface area contributed by atoms with Gasteiger partial charge in [0.05, 0.1) is 0 Å². The average Bonchev–Trinajstić information content (AvgIpc) is 1.85. The van der Waals surface area contributed by atoms with E-state index in [1.54, 1.807) is 11.3 Å². The monoisotopic (exact) mass is 303 g/mol. The van der Waals surface area contributed by atoms with Crippen LogP contribution in [-0.4, -0.2) is 4.98 Å². The minimum absolute atomic E-state index is 0.979. The third-order valence-corrected chi connectivity index (χ3v) is 3.41. The Morgan fingerprint density at radius 3 is 2.50 bits per heavy atom. The van der Waals surface area contributed by atoms with Crippen LogP contribution in [0.3, 0.4) is 0 Å². The van der Waals surface area contributed by atoms with E-state index in [-0.39, 0.29) is 0 Å². The first-order chi connectivity index (χ1) is 3.70. The van der Waals surface area contributed by atoms with E-state index in [4.69, 9.17) is 0 Å². The number of nitrogens with zero attached hydrogens (tertiary/aromatic N) is 1. The van der Waals surface area contributed by atoms with Gasteiger partial charge in [-0.15, -0.1) is 11.3 Å². The number of thiazole rings is 1. The van der Waals surface area contributed by atoms with E-state index in [0.717, 1.165) is 7.62 Å². The van der Waals surface area contributed by atoms with Crippen molar-refractivity contribution in [2.75, 3.05) is 0 Å². The summed E-state index contributed by atoms with van der Waals surface area (Å²) in [5.41, 5.74) is 0. The van der Waals surface area contributed by atoms with Gasteiger partial charge in [-0.3, -0.25) is 0 Å². The van der Waals surface area contributed by atoms with Crippen LogP contribution in [0.4, 0.5) is 0 Å². The molecule has 8 heavy (non-hydrogen) atoms. The van der Waals surface area contributed by atoms with Crippen LogP contribution in [0.2, 0.25) is 0 Å². The molecule has 0 radical (unpaired) electrons. The van der Waals surface area contributed by atoms with Gasteiger partial charge in [0.1, 0.15) is 4.60 Å². The lowest BCUT2D eigenvalue weighted by Crippen LogP contribution is -1.63. The Bertz CT molecular complexity index is 178. The fraction of sp³-hybridized carbons (Fsp3) is 0.250. The summed E-state index contributed by atoms with van der Waals surface area (Å²) >= 11 is 7.21. The molecule has 0 N–H and O–H groups in total. The summed E-state index contributed by atoms with van der Waals surface area (Å²) < 4.78 is 2.07. The topological polar surface area (TPSA) is 12.9 Å². The van der Waals surface area contributed by atoms with E-state index < -0.39 is 0 Å². The molecule has 0 aliphatic heterocycles. The largest absolute Gasteiger partial charge is 0.223 e. The maximum absolute atomic E-state index is 4.13. The summed E-state index contributed by atoms with van der Waals surface area (Å²) in [6.07, 6.45) is 0. The van der Waals surface area contributed by atoms with Crippen molar-refractivity contribution in [3.05, 3.63) is 12.5 Å². The zero-order valence-corrected chi connectivity index (χ0v) is 8.67. The van der Waals surface area contributed by atoms with Crippen LogP contribution in [0.1, 0.15) is 4.88 Å². The van der Waals surface area contributed by atoms with Crippen LogP contribution in [0.25, 0.3) is 0 Å². The quantitative estimate of drug-likeness (QED) is 0.672. The molecule has 1 nitrogen and oxygen atoms in total. The molecule has 0 unspecified atom stereocenters. The molecule has 1 rings (SSSR count). The van der Waals surface area contributed by atoms with Gasteiger partial charge in [0, 0.05) is 4.88 Å². The second-order valence-electron chi connectivity index (χ2n) is 1.31.